The normalized spacial score (nSPS) is 15.6. The van der Waals surface area contributed by atoms with Crippen molar-refractivity contribution >= 4 is 11.6 Å². The van der Waals surface area contributed by atoms with E-state index in [1.165, 1.54) is 25.7 Å². The summed E-state index contributed by atoms with van der Waals surface area (Å²) >= 11 is 0. The Hall–Kier alpha value is -1.58. The molecular weight excluding hydrogens is 226 g/mol. The number of aromatic nitrogens is 1. The Balaban J connectivity index is 1.79. The predicted molar refractivity (Wildman–Crippen MR) is 72.7 cm³/mol. The summed E-state index contributed by atoms with van der Waals surface area (Å²) < 4.78 is 0. The van der Waals surface area contributed by atoms with Crippen molar-refractivity contribution in [3.63, 3.8) is 0 Å². The van der Waals surface area contributed by atoms with E-state index in [-0.39, 0.29) is 5.91 Å². The minimum Gasteiger partial charge on any atom is -0.388 e. The zero-order chi connectivity index (χ0) is 12.8. The Bertz CT molecular complexity index is 400. The van der Waals surface area contributed by atoms with Crippen molar-refractivity contribution in [1.29, 1.82) is 0 Å². The highest BCUT2D eigenvalue weighted by atomic mass is 16.1. The van der Waals surface area contributed by atoms with Crippen molar-refractivity contribution in [3.8, 4) is 0 Å². The van der Waals surface area contributed by atoms with Crippen LogP contribution in [0.3, 0.4) is 0 Å². The Kier molecular flexibility index (Phi) is 4.56. The number of rotatable bonds is 5. The van der Waals surface area contributed by atoms with E-state index in [1.807, 2.05) is 13.1 Å². The number of nitrogens with zero attached hydrogens (tertiary/aromatic N) is 1. The first-order valence-corrected chi connectivity index (χ1v) is 6.71. The number of nitrogens with one attached hydrogen (secondary N) is 2. The average molecular weight is 247 g/mol. The number of anilines is 1. The second kappa shape index (κ2) is 6.38. The minimum atomic E-state index is -0.0786. The van der Waals surface area contributed by atoms with E-state index in [9.17, 15) is 4.79 Å². The first kappa shape index (κ1) is 12.9. The standard InChI is InChI=1S/C14H21N3O/c1-15-12-7-9-16-13(10-12)14(18)17-8-6-11-4-2-3-5-11/h7,9-11H,2-6,8H2,1H3,(H,15,16)(H,17,18). The summed E-state index contributed by atoms with van der Waals surface area (Å²) in [6.45, 7) is 0.759. The van der Waals surface area contributed by atoms with Crippen molar-refractivity contribution in [1.82, 2.24) is 10.3 Å². The smallest absolute Gasteiger partial charge is 0.269 e. The number of carbonyl (C=O) groups excluding carboxylic acids is 1. The quantitative estimate of drug-likeness (QED) is 0.840. The summed E-state index contributed by atoms with van der Waals surface area (Å²) in [6, 6.07) is 3.61. The topological polar surface area (TPSA) is 54.0 Å². The Morgan fingerprint density at radius 1 is 1.44 bits per heavy atom. The van der Waals surface area contributed by atoms with Crippen molar-refractivity contribution < 1.29 is 4.79 Å². The van der Waals surface area contributed by atoms with Gasteiger partial charge in [0.1, 0.15) is 5.69 Å². The Morgan fingerprint density at radius 3 is 2.94 bits per heavy atom. The van der Waals surface area contributed by atoms with Gasteiger partial charge in [-0.25, -0.2) is 0 Å². The molecule has 1 aromatic rings. The largest absolute Gasteiger partial charge is 0.388 e. The molecule has 4 nitrogen and oxygen atoms in total. The number of carbonyl (C=O) groups is 1. The van der Waals surface area contributed by atoms with Gasteiger partial charge in [-0.05, 0) is 24.5 Å². The summed E-state index contributed by atoms with van der Waals surface area (Å²) in [5.41, 5.74) is 1.39. The van der Waals surface area contributed by atoms with E-state index in [1.54, 1.807) is 12.3 Å². The molecule has 2 rings (SSSR count). The molecule has 0 unspecified atom stereocenters. The van der Waals surface area contributed by atoms with Gasteiger partial charge in [-0.2, -0.15) is 0 Å². The molecule has 98 valence electrons. The molecule has 1 aromatic heterocycles. The van der Waals surface area contributed by atoms with Crippen LogP contribution in [0.15, 0.2) is 18.3 Å². The molecule has 0 aromatic carbocycles. The van der Waals surface area contributed by atoms with Crippen LogP contribution in [0.1, 0.15) is 42.6 Å². The molecule has 0 saturated heterocycles. The molecule has 0 bridgehead atoms. The summed E-state index contributed by atoms with van der Waals surface area (Å²) in [4.78, 5) is 16.0. The monoisotopic (exact) mass is 247 g/mol. The highest BCUT2D eigenvalue weighted by molar-refractivity contribution is 5.93. The first-order valence-electron chi connectivity index (χ1n) is 6.71. The molecule has 0 atom stereocenters. The van der Waals surface area contributed by atoms with Gasteiger partial charge < -0.3 is 10.6 Å². The third-order valence-electron chi connectivity index (χ3n) is 3.59. The highest BCUT2D eigenvalue weighted by Gasteiger charge is 2.15. The van der Waals surface area contributed by atoms with Crippen LogP contribution >= 0.6 is 0 Å². The van der Waals surface area contributed by atoms with Gasteiger partial charge in [0.2, 0.25) is 0 Å². The molecule has 1 amide bonds. The van der Waals surface area contributed by atoms with Crippen LogP contribution in [0.2, 0.25) is 0 Å². The fraction of sp³-hybridized carbons (Fsp3) is 0.571. The molecule has 1 aliphatic carbocycles. The molecule has 0 radical (unpaired) electrons. The van der Waals surface area contributed by atoms with Gasteiger partial charge in [0.15, 0.2) is 0 Å². The van der Waals surface area contributed by atoms with Crippen molar-refractivity contribution in [2.75, 3.05) is 18.9 Å². The van der Waals surface area contributed by atoms with Crippen molar-refractivity contribution in [3.05, 3.63) is 24.0 Å². The third-order valence-corrected chi connectivity index (χ3v) is 3.59. The SMILES string of the molecule is CNc1ccnc(C(=O)NCCC2CCCC2)c1. The average Bonchev–Trinajstić information content (AvgIpc) is 2.92. The molecular formula is C14H21N3O. The summed E-state index contributed by atoms with van der Waals surface area (Å²) in [5.74, 6) is 0.729. The maximum Gasteiger partial charge on any atom is 0.269 e. The maximum absolute atomic E-state index is 11.9. The summed E-state index contributed by atoms with van der Waals surface area (Å²) in [6.07, 6.45) is 8.09. The van der Waals surface area contributed by atoms with Crippen LogP contribution in [0, 0.1) is 5.92 Å². The molecule has 2 N–H and O–H groups in total. The van der Waals surface area contributed by atoms with Gasteiger partial charge >= 0.3 is 0 Å². The molecule has 0 spiro atoms. The number of amides is 1. The van der Waals surface area contributed by atoms with Crippen LogP contribution in [0.25, 0.3) is 0 Å². The van der Waals surface area contributed by atoms with Gasteiger partial charge in [0.25, 0.3) is 5.91 Å². The zero-order valence-electron chi connectivity index (χ0n) is 10.9. The van der Waals surface area contributed by atoms with Crippen LogP contribution in [0.5, 0.6) is 0 Å². The van der Waals surface area contributed by atoms with E-state index >= 15 is 0 Å². The molecule has 1 heterocycles. The van der Waals surface area contributed by atoms with E-state index < -0.39 is 0 Å². The maximum atomic E-state index is 11.9. The number of hydrogen-bond acceptors (Lipinski definition) is 3. The summed E-state index contributed by atoms with van der Waals surface area (Å²) in [7, 11) is 1.83. The van der Waals surface area contributed by atoms with Gasteiger partial charge in [-0.15, -0.1) is 0 Å². The van der Waals surface area contributed by atoms with Gasteiger partial charge in [0.05, 0.1) is 0 Å². The predicted octanol–water partition coefficient (Wildman–Crippen LogP) is 2.43. The van der Waals surface area contributed by atoms with Crippen LogP contribution < -0.4 is 10.6 Å². The van der Waals surface area contributed by atoms with Gasteiger partial charge in [0, 0.05) is 25.5 Å². The van der Waals surface area contributed by atoms with E-state index in [4.69, 9.17) is 0 Å². The van der Waals surface area contributed by atoms with E-state index in [0.29, 0.717) is 5.69 Å². The molecule has 18 heavy (non-hydrogen) atoms. The van der Waals surface area contributed by atoms with Gasteiger partial charge in [-0.3, -0.25) is 9.78 Å². The lowest BCUT2D eigenvalue weighted by Crippen LogP contribution is -2.26. The van der Waals surface area contributed by atoms with E-state index in [0.717, 1.165) is 24.6 Å². The highest BCUT2D eigenvalue weighted by Crippen LogP contribution is 2.26. The Labute approximate surface area is 108 Å². The van der Waals surface area contributed by atoms with Crippen LogP contribution in [-0.2, 0) is 0 Å². The fourth-order valence-electron chi connectivity index (χ4n) is 2.49. The lowest BCUT2D eigenvalue weighted by atomic mass is 10.0. The van der Waals surface area contributed by atoms with Crippen molar-refractivity contribution in [2.24, 2.45) is 5.92 Å². The zero-order valence-corrected chi connectivity index (χ0v) is 10.9. The first-order chi connectivity index (χ1) is 8.79. The third kappa shape index (κ3) is 3.45. The molecule has 1 aliphatic rings. The second-order valence-corrected chi connectivity index (χ2v) is 4.87. The summed E-state index contributed by atoms with van der Waals surface area (Å²) in [5, 5.41) is 5.95. The minimum absolute atomic E-state index is 0.0786. The molecule has 4 heteroatoms. The van der Waals surface area contributed by atoms with Crippen LogP contribution in [-0.4, -0.2) is 24.5 Å². The molecule has 1 fully saturated rings. The van der Waals surface area contributed by atoms with Crippen LogP contribution in [0.4, 0.5) is 5.69 Å². The Morgan fingerprint density at radius 2 is 2.22 bits per heavy atom. The number of hydrogen-bond donors (Lipinski definition) is 2. The van der Waals surface area contributed by atoms with Crippen molar-refractivity contribution in [2.45, 2.75) is 32.1 Å². The lowest BCUT2D eigenvalue weighted by molar-refractivity contribution is 0.0946. The van der Waals surface area contributed by atoms with E-state index in [2.05, 4.69) is 15.6 Å². The molecule has 0 aliphatic heterocycles. The number of pyridine rings is 1. The molecule has 1 saturated carbocycles. The fourth-order valence-corrected chi connectivity index (χ4v) is 2.49. The second-order valence-electron chi connectivity index (χ2n) is 4.87. The van der Waals surface area contributed by atoms with Gasteiger partial charge in [-0.1, -0.05) is 25.7 Å². The lowest BCUT2D eigenvalue weighted by Gasteiger charge is -2.10.